The Morgan fingerprint density at radius 2 is 1.65 bits per heavy atom. The summed E-state index contributed by atoms with van der Waals surface area (Å²) in [7, 11) is -1.52. The fraction of sp³-hybridized carbons (Fsp3) is 0.600. The van der Waals surface area contributed by atoms with E-state index >= 15 is 0 Å². The van der Waals surface area contributed by atoms with Gasteiger partial charge >= 0.3 is 7.12 Å². The minimum Gasteiger partial charge on any atom is -0.423 e. The molecule has 0 saturated carbocycles. The van der Waals surface area contributed by atoms with Crippen LogP contribution in [0.5, 0.6) is 0 Å². The van der Waals surface area contributed by atoms with E-state index in [1.165, 1.54) is 0 Å². The van der Waals surface area contributed by atoms with Crippen LogP contribution in [0.3, 0.4) is 0 Å². The van der Waals surface area contributed by atoms with Crippen LogP contribution in [0.2, 0.25) is 0 Å². The predicted octanol–water partition coefficient (Wildman–Crippen LogP) is -1.39. The summed E-state index contributed by atoms with van der Waals surface area (Å²) >= 11 is 0. The number of rotatable bonds is 2. The fourth-order valence-corrected chi connectivity index (χ4v) is 1.99. The van der Waals surface area contributed by atoms with Gasteiger partial charge < -0.3 is 19.7 Å². The molecule has 0 radical (unpaired) electrons. The Balaban J connectivity index is 2.31. The normalized spacial score (nSPS) is 16.1. The molecule has 7 heteroatoms. The van der Waals surface area contributed by atoms with Crippen LogP contribution in [0.1, 0.15) is 11.4 Å². The SMILES string of the molecule is Cc1nc(N2CCOCC2)nc(C)c1B(O)O. The van der Waals surface area contributed by atoms with Gasteiger partial charge in [-0.2, -0.15) is 0 Å². The van der Waals surface area contributed by atoms with Gasteiger partial charge in [-0.3, -0.25) is 0 Å². The van der Waals surface area contributed by atoms with E-state index in [2.05, 4.69) is 9.97 Å². The van der Waals surface area contributed by atoms with Crippen molar-refractivity contribution in [1.29, 1.82) is 0 Å². The van der Waals surface area contributed by atoms with Crippen LogP contribution in [-0.4, -0.2) is 53.4 Å². The molecule has 1 fully saturated rings. The van der Waals surface area contributed by atoms with Gasteiger partial charge in [0.15, 0.2) is 0 Å². The molecule has 92 valence electrons. The number of hydrogen-bond acceptors (Lipinski definition) is 6. The van der Waals surface area contributed by atoms with E-state index in [-0.39, 0.29) is 0 Å². The molecule has 1 aromatic rings. The molecule has 0 aromatic carbocycles. The molecule has 1 aliphatic rings. The Morgan fingerprint density at radius 1 is 1.12 bits per heavy atom. The van der Waals surface area contributed by atoms with Gasteiger partial charge in [-0.05, 0) is 13.8 Å². The van der Waals surface area contributed by atoms with Crippen molar-refractivity contribution in [2.24, 2.45) is 0 Å². The van der Waals surface area contributed by atoms with Crippen molar-refractivity contribution in [1.82, 2.24) is 9.97 Å². The average Bonchev–Trinajstić information content (AvgIpc) is 2.28. The summed E-state index contributed by atoms with van der Waals surface area (Å²) in [6.45, 7) is 6.39. The Labute approximate surface area is 100 Å². The summed E-state index contributed by atoms with van der Waals surface area (Å²) in [4.78, 5) is 10.7. The largest absolute Gasteiger partial charge is 0.492 e. The Bertz CT molecular complexity index is 385. The lowest BCUT2D eigenvalue weighted by Crippen LogP contribution is -2.40. The molecule has 0 bridgehead atoms. The number of ether oxygens (including phenoxy) is 1. The topological polar surface area (TPSA) is 78.7 Å². The van der Waals surface area contributed by atoms with Crippen molar-refractivity contribution in [3.05, 3.63) is 11.4 Å². The first-order valence-electron chi connectivity index (χ1n) is 5.63. The van der Waals surface area contributed by atoms with Gasteiger partial charge in [-0.25, -0.2) is 9.97 Å². The lowest BCUT2D eigenvalue weighted by Gasteiger charge is -2.27. The van der Waals surface area contributed by atoms with E-state index in [0.29, 0.717) is 36.0 Å². The molecular formula is C10H16BN3O3. The molecule has 0 amide bonds. The van der Waals surface area contributed by atoms with Crippen LogP contribution in [0.15, 0.2) is 0 Å². The van der Waals surface area contributed by atoms with Crippen molar-refractivity contribution in [3.8, 4) is 0 Å². The molecule has 6 nitrogen and oxygen atoms in total. The van der Waals surface area contributed by atoms with Crippen LogP contribution in [0, 0.1) is 13.8 Å². The quantitative estimate of drug-likeness (QED) is 0.616. The van der Waals surface area contributed by atoms with Crippen LogP contribution >= 0.6 is 0 Å². The summed E-state index contributed by atoms with van der Waals surface area (Å²) in [5.41, 5.74) is 1.60. The first-order chi connectivity index (χ1) is 8.09. The number of morpholine rings is 1. The predicted molar refractivity (Wildman–Crippen MR) is 64.4 cm³/mol. The highest BCUT2D eigenvalue weighted by Gasteiger charge is 2.22. The zero-order valence-electron chi connectivity index (χ0n) is 10.1. The van der Waals surface area contributed by atoms with Gasteiger partial charge in [0, 0.05) is 29.9 Å². The second kappa shape index (κ2) is 4.99. The zero-order valence-corrected chi connectivity index (χ0v) is 10.1. The van der Waals surface area contributed by atoms with Crippen molar-refractivity contribution in [2.45, 2.75) is 13.8 Å². The summed E-state index contributed by atoms with van der Waals surface area (Å²) in [6.07, 6.45) is 0. The van der Waals surface area contributed by atoms with Gasteiger partial charge in [0.05, 0.1) is 13.2 Å². The number of aromatic nitrogens is 2. The molecule has 1 aromatic heterocycles. The highest BCUT2D eigenvalue weighted by Crippen LogP contribution is 2.10. The summed E-state index contributed by atoms with van der Waals surface area (Å²) in [5, 5.41) is 18.5. The molecule has 0 unspecified atom stereocenters. The molecule has 1 aliphatic heterocycles. The van der Waals surface area contributed by atoms with E-state index in [9.17, 15) is 10.0 Å². The number of nitrogens with zero attached hydrogens (tertiary/aromatic N) is 3. The lowest BCUT2D eigenvalue weighted by molar-refractivity contribution is 0.122. The van der Waals surface area contributed by atoms with Crippen LogP contribution < -0.4 is 10.4 Å². The Kier molecular flexibility index (Phi) is 3.61. The Hall–Kier alpha value is -1.18. The summed E-state index contributed by atoms with van der Waals surface area (Å²) in [6, 6.07) is 0. The number of anilines is 1. The lowest BCUT2D eigenvalue weighted by atomic mass is 9.78. The summed E-state index contributed by atoms with van der Waals surface area (Å²) < 4.78 is 5.27. The maximum absolute atomic E-state index is 9.23. The maximum atomic E-state index is 9.23. The van der Waals surface area contributed by atoms with Crippen molar-refractivity contribution < 1.29 is 14.8 Å². The van der Waals surface area contributed by atoms with Crippen molar-refractivity contribution in [3.63, 3.8) is 0 Å². The smallest absolute Gasteiger partial charge is 0.423 e. The van der Waals surface area contributed by atoms with E-state index in [4.69, 9.17) is 4.74 Å². The second-order valence-corrected chi connectivity index (χ2v) is 4.08. The van der Waals surface area contributed by atoms with Gasteiger partial charge in [0.2, 0.25) is 5.95 Å². The van der Waals surface area contributed by atoms with E-state index < -0.39 is 7.12 Å². The van der Waals surface area contributed by atoms with E-state index in [0.717, 1.165) is 13.1 Å². The first-order valence-corrected chi connectivity index (χ1v) is 5.63. The van der Waals surface area contributed by atoms with E-state index in [1.54, 1.807) is 13.8 Å². The molecule has 2 rings (SSSR count). The summed E-state index contributed by atoms with van der Waals surface area (Å²) in [5.74, 6) is 0.632. The maximum Gasteiger partial charge on any atom is 0.492 e. The molecular weight excluding hydrogens is 221 g/mol. The van der Waals surface area contributed by atoms with Crippen LogP contribution in [0.25, 0.3) is 0 Å². The molecule has 1 saturated heterocycles. The molecule has 2 heterocycles. The first kappa shape index (κ1) is 12.3. The third-order valence-corrected chi connectivity index (χ3v) is 2.87. The third kappa shape index (κ3) is 2.57. The van der Waals surface area contributed by atoms with Gasteiger partial charge in [0.25, 0.3) is 0 Å². The Morgan fingerprint density at radius 3 is 2.12 bits per heavy atom. The molecule has 0 spiro atoms. The minimum absolute atomic E-state index is 0.391. The van der Waals surface area contributed by atoms with Crippen LogP contribution in [0.4, 0.5) is 5.95 Å². The van der Waals surface area contributed by atoms with Gasteiger partial charge in [-0.1, -0.05) is 0 Å². The highest BCUT2D eigenvalue weighted by molar-refractivity contribution is 6.59. The average molecular weight is 237 g/mol. The standard InChI is InChI=1S/C10H16BN3O3/c1-7-9(11(15)16)8(2)13-10(12-7)14-3-5-17-6-4-14/h15-16H,3-6H2,1-2H3. The molecule has 0 atom stereocenters. The fourth-order valence-electron chi connectivity index (χ4n) is 1.99. The van der Waals surface area contributed by atoms with Crippen molar-refractivity contribution >= 4 is 18.5 Å². The number of hydrogen-bond donors (Lipinski definition) is 2. The minimum atomic E-state index is -1.52. The molecule has 17 heavy (non-hydrogen) atoms. The monoisotopic (exact) mass is 237 g/mol. The molecule has 2 N–H and O–H groups in total. The second-order valence-electron chi connectivity index (χ2n) is 4.08. The van der Waals surface area contributed by atoms with Gasteiger partial charge in [0.1, 0.15) is 0 Å². The van der Waals surface area contributed by atoms with Gasteiger partial charge in [-0.15, -0.1) is 0 Å². The molecule has 0 aliphatic carbocycles. The van der Waals surface area contributed by atoms with Crippen LogP contribution in [-0.2, 0) is 4.74 Å². The zero-order chi connectivity index (χ0) is 12.4. The number of aryl methyl sites for hydroxylation is 2. The van der Waals surface area contributed by atoms with E-state index in [1.807, 2.05) is 4.90 Å². The highest BCUT2D eigenvalue weighted by atomic mass is 16.5. The third-order valence-electron chi connectivity index (χ3n) is 2.87. The van der Waals surface area contributed by atoms with Crippen molar-refractivity contribution in [2.75, 3.05) is 31.2 Å².